The van der Waals surface area contributed by atoms with Gasteiger partial charge in [0.1, 0.15) is 17.2 Å². The van der Waals surface area contributed by atoms with E-state index < -0.39 is 11.2 Å². The Hall–Kier alpha value is -4.20. The molecule has 2 aromatic heterocycles. The van der Waals surface area contributed by atoms with Crippen LogP contribution >= 0.6 is 0 Å². The molecule has 7 nitrogen and oxygen atoms in total. The van der Waals surface area contributed by atoms with Gasteiger partial charge < -0.3 is 19.8 Å². The first-order valence-electron chi connectivity index (χ1n) is 12.7. The minimum atomic E-state index is -0.569. The van der Waals surface area contributed by atoms with Crippen molar-refractivity contribution in [2.45, 2.75) is 57.6 Å². The second kappa shape index (κ2) is 8.68. The Morgan fingerprint density at radius 3 is 2.47 bits per heavy atom. The van der Waals surface area contributed by atoms with E-state index in [9.17, 15) is 0 Å². The molecule has 38 heavy (non-hydrogen) atoms. The average Bonchev–Trinajstić information content (AvgIpc) is 3.32. The van der Waals surface area contributed by atoms with E-state index in [-0.39, 0.29) is 23.3 Å². The largest absolute Gasteiger partial charge is 0.488 e. The number of hydrogen-bond donors (Lipinski definition) is 2. The molecule has 194 valence electrons. The first-order chi connectivity index (χ1) is 18.1. The number of rotatable bonds is 4. The standard InChI is InChI=1S/C30H30FN5O2/c1-29(2,3)38-18-11-9-17(10-12-18)22-14-13-20-23(19-7-6-8-21(31)24(19)37-27(20)34-22)30(4,5)28-35-25-26(36-28)33-16-15-32-25/h6-16,22-23,34H,1-5H3,(H,32,33,35,36)/t22-,23?/m0/s1. The van der Waals surface area contributed by atoms with Crippen molar-refractivity contribution < 1.29 is 13.9 Å². The van der Waals surface area contributed by atoms with E-state index in [2.05, 4.69) is 46.3 Å². The number of dihydropyridines is 1. The Labute approximate surface area is 220 Å². The van der Waals surface area contributed by atoms with Crippen LogP contribution in [0.2, 0.25) is 0 Å². The number of ether oxygens (including phenoxy) is 2. The zero-order valence-electron chi connectivity index (χ0n) is 22.0. The van der Waals surface area contributed by atoms with Crippen molar-refractivity contribution in [2.75, 3.05) is 0 Å². The molecule has 6 rings (SSSR count). The summed E-state index contributed by atoms with van der Waals surface area (Å²) in [7, 11) is 0. The smallest absolute Gasteiger partial charge is 0.198 e. The number of para-hydroxylation sites is 1. The maximum absolute atomic E-state index is 15.1. The lowest BCUT2D eigenvalue weighted by Gasteiger charge is -2.40. The summed E-state index contributed by atoms with van der Waals surface area (Å²) in [4.78, 5) is 16.8. The first kappa shape index (κ1) is 24.2. The Kier molecular flexibility index (Phi) is 5.52. The van der Waals surface area contributed by atoms with Crippen LogP contribution in [0.25, 0.3) is 11.3 Å². The second-order valence-electron chi connectivity index (χ2n) is 11.3. The van der Waals surface area contributed by atoms with Gasteiger partial charge in [-0.3, -0.25) is 0 Å². The summed E-state index contributed by atoms with van der Waals surface area (Å²) in [6, 6.07) is 12.9. The van der Waals surface area contributed by atoms with Gasteiger partial charge in [0.25, 0.3) is 0 Å². The number of fused-ring (bicyclic) bond motifs is 2. The molecular formula is C30H30FN5O2. The van der Waals surface area contributed by atoms with Crippen LogP contribution in [0.15, 0.2) is 78.5 Å². The van der Waals surface area contributed by atoms with Crippen LogP contribution in [-0.4, -0.2) is 25.5 Å². The van der Waals surface area contributed by atoms with Gasteiger partial charge in [0, 0.05) is 34.9 Å². The van der Waals surface area contributed by atoms with Gasteiger partial charge in [-0.1, -0.05) is 50.3 Å². The van der Waals surface area contributed by atoms with Gasteiger partial charge in [-0.05, 0) is 44.5 Å². The zero-order valence-corrected chi connectivity index (χ0v) is 22.0. The van der Waals surface area contributed by atoms with E-state index in [1.54, 1.807) is 18.5 Å². The molecule has 2 aliphatic heterocycles. The molecule has 0 saturated heterocycles. The number of imidazole rings is 1. The number of nitrogens with one attached hydrogen (secondary N) is 2. The van der Waals surface area contributed by atoms with Gasteiger partial charge >= 0.3 is 0 Å². The van der Waals surface area contributed by atoms with Crippen molar-refractivity contribution in [1.29, 1.82) is 0 Å². The number of benzene rings is 2. The van der Waals surface area contributed by atoms with Crippen molar-refractivity contribution >= 4 is 11.3 Å². The average molecular weight is 512 g/mol. The van der Waals surface area contributed by atoms with Crippen LogP contribution in [0, 0.1) is 5.82 Å². The summed E-state index contributed by atoms with van der Waals surface area (Å²) in [5.74, 6) is 1.65. The molecule has 2 atom stereocenters. The van der Waals surface area contributed by atoms with E-state index in [0.29, 0.717) is 17.2 Å². The Morgan fingerprint density at radius 1 is 0.974 bits per heavy atom. The molecule has 8 heteroatoms. The Balaban J connectivity index is 1.38. The predicted molar refractivity (Wildman–Crippen MR) is 143 cm³/mol. The maximum atomic E-state index is 15.1. The number of halogens is 1. The van der Waals surface area contributed by atoms with Gasteiger partial charge in [0.15, 0.2) is 28.7 Å². The fourth-order valence-electron chi connectivity index (χ4n) is 5.25. The van der Waals surface area contributed by atoms with E-state index in [1.807, 2.05) is 51.1 Å². The van der Waals surface area contributed by atoms with Crippen LogP contribution in [0.1, 0.15) is 63.5 Å². The minimum absolute atomic E-state index is 0.144. The van der Waals surface area contributed by atoms with Crippen molar-refractivity contribution in [3.05, 3.63) is 101 Å². The second-order valence-corrected chi connectivity index (χ2v) is 11.3. The third kappa shape index (κ3) is 4.20. The SMILES string of the molecule is CC(C)(C)Oc1ccc([C@@H]2C=CC3=C(N2)Oc2c(F)cccc2C3C(C)(C)c2nc3nccnc3[nH]2)cc1. The predicted octanol–water partition coefficient (Wildman–Crippen LogP) is 6.24. The lowest BCUT2D eigenvalue weighted by molar-refractivity contribution is 0.131. The number of aromatic nitrogens is 4. The van der Waals surface area contributed by atoms with Crippen LogP contribution in [-0.2, 0) is 5.41 Å². The van der Waals surface area contributed by atoms with E-state index in [1.165, 1.54) is 6.07 Å². The number of hydrogen-bond acceptors (Lipinski definition) is 6. The summed E-state index contributed by atoms with van der Waals surface area (Å²) in [5, 5.41) is 3.50. The third-order valence-corrected chi connectivity index (χ3v) is 6.97. The monoisotopic (exact) mass is 511 g/mol. The number of nitrogens with zero attached hydrogens (tertiary/aromatic N) is 3. The van der Waals surface area contributed by atoms with Crippen LogP contribution < -0.4 is 14.8 Å². The molecule has 4 aromatic rings. The molecular weight excluding hydrogens is 481 g/mol. The van der Waals surface area contributed by atoms with Crippen LogP contribution in [0.3, 0.4) is 0 Å². The fraction of sp³-hybridized carbons (Fsp3) is 0.300. The zero-order chi connectivity index (χ0) is 26.7. The van der Waals surface area contributed by atoms with Crippen molar-refractivity contribution in [3.63, 3.8) is 0 Å². The molecule has 2 aliphatic rings. The molecule has 0 bridgehead atoms. The van der Waals surface area contributed by atoms with Gasteiger partial charge in [0.2, 0.25) is 0 Å². The third-order valence-electron chi connectivity index (χ3n) is 6.97. The number of aromatic amines is 1. The normalized spacial score (nSPS) is 19.0. The molecule has 0 amide bonds. The van der Waals surface area contributed by atoms with Crippen LogP contribution in [0.4, 0.5) is 4.39 Å². The molecule has 0 spiro atoms. The van der Waals surface area contributed by atoms with Crippen molar-refractivity contribution in [1.82, 2.24) is 25.3 Å². The summed E-state index contributed by atoms with van der Waals surface area (Å²) >= 11 is 0. The number of H-pyrrole nitrogens is 1. The maximum Gasteiger partial charge on any atom is 0.198 e. The quantitative estimate of drug-likeness (QED) is 0.338. The topological polar surface area (TPSA) is 84.9 Å². The lowest BCUT2D eigenvalue weighted by Crippen LogP contribution is -2.37. The van der Waals surface area contributed by atoms with Gasteiger partial charge in [-0.25, -0.2) is 19.3 Å². The van der Waals surface area contributed by atoms with Gasteiger partial charge in [-0.2, -0.15) is 0 Å². The minimum Gasteiger partial charge on any atom is -0.488 e. The first-order valence-corrected chi connectivity index (χ1v) is 12.7. The van der Waals surface area contributed by atoms with E-state index in [0.717, 1.165) is 28.3 Å². The molecule has 2 N–H and O–H groups in total. The highest BCUT2D eigenvalue weighted by Crippen LogP contribution is 2.51. The van der Waals surface area contributed by atoms with Crippen molar-refractivity contribution in [2.24, 2.45) is 0 Å². The summed E-state index contributed by atoms with van der Waals surface area (Å²) in [6.45, 7) is 10.2. The van der Waals surface area contributed by atoms with E-state index >= 15 is 4.39 Å². The molecule has 4 heterocycles. The van der Waals surface area contributed by atoms with Crippen LogP contribution in [0.5, 0.6) is 11.5 Å². The highest BCUT2D eigenvalue weighted by molar-refractivity contribution is 5.65. The summed E-state index contributed by atoms with van der Waals surface area (Å²) < 4.78 is 27.3. The highest BCUT2D eigenvalue weighted by Gasteiger charge is 2.44. The van der Waals surface area contributed by atoms with Gasteiger partial charge in [-0.15, -0.1) is 0 Å². The highest BCUT2D eigenvalue weighted by atomic mass is 19.1. The summed E-state index contributed by atoms with van der Waals surface area (Å²) in [6.07, 6.45) is 7.44. The van der Waals surface area contributed by atoms with Gasteiger partial charge in [0.05, 0.1) is 6.04 Å². The molecule has 0 fully saturated rings. The van der Waals surface area contributed by atoms with Crippen molar-refractivity contribution in [3.8, 4) is 11.5 Å². The molecule has 0 saturated carbocycles. The molecule has 2 aromatic carbocycles. The molecule has 0 radical (unpaired) electrons. The Bertz CT molecular complexity index is 1550. The molecule has 1 unspecified atom stereocenters. The summed E-state index contributed by atoms with van der Waals surface area (Å²) in [5.41, 5.74) is 3.07. The fourth-order valence-corrected chi connectivity index (χ4v) is 5.25. The Morgan fingerprint density at radius 2 is 1.74 bits per heavy atom. The molecule has 0 aliphatic carbocycles. The lowest BCUT2D eigenvalue weighted by atomic mass is 9.68. The van der Waals surface area contributed by atoms with E-state index in [4.69, 9.17) is 14.5 Å². The number of allylic oxidation sites excluding steroid dienone is 2.